The molecule has 1 aliphatic heterocycles. The molecule has 0 saturated carbocycles. The Labute approximate surface area is 210 Å². The first-order chi connectivity index (χ1) is 17.3. The quantitative estimate of drug-likeness (QED) is 0.321. The first-order valence-corrected chi connectivity index (χ1v) is 12.3. The molecule has 3 aromatic rings. The number of nitrogens with one attached hydrogen (secondary N) is 1. The molecule has 1 saturated heterocycles. The highest BCUT2D eigenvalue weighted by atomic mass is 32.2. The van der Waals surface area contributed by atoms with Crippen LogP contribution < -0.4 is 10.1 Å². The van der Waals surface area contributed by atoms with E-state index in [1.807, 2.05) is 12.1 Å². The van der Waals surface area contributed by atoms with E-state index in [0.29, 0.717) is 29.1 Å². The Morgan fingerprint density at radius 1 is 1.25 bits per heavy atom. The minimum atomic E-state index is -4.49. The van der Waals surface area contributed by atoms with Gasteiger partial charge in [0.25, 0.3) is 0 Å². The average molecular weight is 519 g/mol. The van der Waals surface area contributed by atoms with Crippen LogP contribution in [0.25, 0.3) is 11.8 Å². The minimum Gasteiger partial charge on any atom is -0.497 e. The normalized spacial score (nSPS) is 15.9. The predicted molar refractivity (Wildman–Crippen MR) is 130 cm³/mol. The number of amides is 1. The Hall–Kier alpha value is -3.31. The number of thioether (sulfide) groups is 1. The number of ether oxygens (including phenoxy) is 2. The molecule has 1 N–H and O–H groups in total. The number of nitrogens with zero attached hydrogens (tertiary/aromatic N) is 3. The summed E-state index contributed by atoms with van der Waals surface area (Å²) in [5.74, 6) is 1.25. The molecule has 0 spiro atoms. The molecule has 2 heterocycles. The SMILES string of the molecule is COc1ccc(/C=C/C(=O)NCc2nnc(SCC3CCCO3)n2-c2cccc(C(F)(F)F)c2)cc1. The fraction of sp³-hybridized carbons (Fsp3) is 0.320. The fourth-order valence-corrected chi connectivity index (χ4v) is 4.68. The summed E-state index contributed by atoms with van der Waals surface area (Å²) >= 11 is 1.36. The third-order valence-corrected chi connectivity index (χ3v) is 6.58. The number of alkyl halides is 3. The van der Waals surface area contributed by atoms with Crippen LogP contribution in [-0.4, -0.2) is 46.2 Å². The maximum atomic E-state index is 13.4. The van der Waals surface area contributed by atoms with Crippen molar-refractivity contribution >= 4 is 23.7 Å². The van der Waals surface area contributed by atoms with Gasteiger partial charge in [-0.15, -0.1) is 10.2 Å². The van der Waals surface area contributed by atoms with Gasteiger partial charge in [-0.25, -0.2) is 0 Å². The van der Waals surface area contributed by atoms with E-state index >= 15 is 0 Å². The minimum absolute atomic E-state index is 0.0183. The van der Waals surface area contributed by atoms with Crippen molar-refractivity contribution in [2.24, 2.45) is 0 Å². The van der Waals surface area contributed by atoms with Crippen molar-refractivity contribution in [2.75, 3.05) is 19.5 Å². The van der Waals surface area contributed by atoms with Crippen molar-refractivity contribution in [3.8, 4) is 11.4 Å². The first-order valence-electron chi connectivity index (χ1n) is 11.3. The molecular weight excluding hydrogens is 493 g/mol. The van der Waals surface area contributed by atoms with Crippen LogP contribution in [0.15, 0.2) is 59.8 Å². The monoisotopic (exact) mass is 518 g/mol. The van der Waals surface area contributed by atoms with Crippen molar-refractivity contribution in [1.82, 2.24) is 20.1 Å². The van der Waals surface area contributed by atoms with Gasteiger partial charge in [0.15, 0.2) is 11.0 Å². The molecule has 2 aromatic carbocycles. The smallest absolute Gasteiger partial charge is 0.416 e. The van der Waals surface area contributed by atoms with Crippen LogP contribution in [-0.2, 0) is 22.3 Å². The van der Waals surface area contributed by atoms with Crippen molar-refractivity contribution in [1.29, 1.82) is 0 Å². The Morgan fingerprint density at radius 2 is 2.06 bits per heavy atom. The lowest BCUT2D eigenvalue weighted by Gasteiger charge is -2.14. The zero-order chi connectivity index (χ0) is 25.5. The molecule has 7 nitrogen and oxygen atoms in total. The third kappa shape index (κ3) is 6.67. The van der Waals surface area contributed by atoms with Gasteiger partial charge in [-0.05, 0) is 54.8 Å². The van der Waals surface area contributed by atoms with E-state index in [4.69, 9.17) is 9.47 Å². The van der Waals surface area contributed by atoms with Gasteiger partial charge in [0.2, 0.25) is 5.91 Å². The maximum Gasteiger partial charge on any atom is 0.416 e. The van der Waals surface area contributed by atoms with Crippen LogP contribution in [0.2, 0.25) is 0 Å². The molecule has 1 aromatic heterocycles. The number of hydrogen-bond acceptors (Lipinski definition) is 6. The zero-order valence-corrected chi connectivity index (χ0v) is 20.3. The predicted octanol–water partition coefficient (Wildman–Crippen LogP) is 4.90. The summed E-state index contributed by atoms with van der Waals surface area (Å²) in [6, 6.07) is 12.1. The maximum absolute atomic E-state index is 13.4. The summed E-state index contributed by atoms with van der Waals surface area (Å²) in [4.78, 5) is 12.4. The van der Waals surface area contributed by atoms with Crippen molar-refractivity contribution in [3.05, 3.63) is 71.6 Å². The van der Waals surface area contributed by atoms with Crippen LogP contribution in [0.1, 0.15) is 29.8 Å². The van der Waals surface area contributed by atoms with E-state index in [2.05, 4.69) is 15.5 Å². The number of carbonyl (C=O) groups is 1. The molecule has 4 rings (SSSR count). The van der Waals surface area contributed by atoms with E-state index in [1.165, 1.54) is 23.9 Å². The lowest BCUT2D eigenvalue weighted by Crippen LogP contribution is -2.22. The highest BCUT2D eigenvalue weighted by Gasteiger charge is 2.31. The Bertz CT molecular complexity index is 1210. The van der Waals surface area contributed by atoms with Gasteiger partial charge in [-0.3, -0.25) is 9.36 Å². The Morgan fingerprint density at radius 3 is 2.75 bits per heavy atom. The van der Waals surface area contributed by atoms with Gasteiger partial charge in [-0.2, -0.15) is 13.2 Å². The van der Waals surface area contributed by atoms with E-state index in [0.717, 1.165) is 30.5 Å². The number of methoxy groups -OCH3 is 1. The standard InChI is InChI=1S/C25H25F3N4O3S/c1-34-20-10-7-17(8-11-20)9-12-23(33)29-15-22-30-31-24(36-16-21-6-3-13-35-21)32(22)19-5-2-4-18(14-19)25(26,27)28/h2,4-5,7-12,14,21H,3,6,13,15-16H2,1H3,(H,29,33)/b12-9+. The second kappa shape index (κ2) is 11.6. The molecule has 0 radical (unpaired) electrons. The molecule has 1 aliphatic rings. The van der Waals surface area contributed by atoms with Gasteiger partial charge >= 0.3 is 6.18 Å². The summed E-state index contributed by atoms with van der Waals surface area (Å²) in [5, 5.41) is 11.5. The second-order valence-corrected chi connectivity index (χ2v) is 9.04. The van der Waals surface area contributed by atoms with Gasteiger partial charge in [-0.1, -0.05) is 30.0 Å². The van der Waals surface area contributed by atoms with Gasteiger partial charge in [0, 0.05) is 18.4 Å². The summed E-state index contributed by atoms with van der Waals surface area (Å²) in [7, 11) is 1.57. The molecule has 11 heteroatoms. The lowest BCUT2D eigenvalue weighted by atomic mass is 10.2. The van der Waals surface area contributed by atoms with Gasteiger partial charge in [0.05, 0.1) is 31.0 Å². The van der Waals surface area contributed by atoms with Gasteiger partial charge in [0.1, 0.15) is 5.75 Å². The van der Waals surface area contributed by atoms with Crippen LogP contribution in [0.4, 0.5) is 13.2 Å². The van der Waals surface area contributed by atoms with Crippen LogP contribution in [0, 0.1) is 0 Å². The van der Waals surface area contributed by atoms with E-state index < -0.39 is 11.7 Å². The number of aromatic nitrogens is 3. The third-order valence-electron chi connectivity index (χ3n) is 5.52. The van der Waals surface area contributed by atoms with Crippen LogP contribution >= 0.6 is 11.8 Å². The fourth-order valence-electron chi connectivity index (χ4n) is 3.64. The molecular formula is C25H25F3N4O3S. The van der Waals surface area contributed by atoms with Crippen molar-refractivity contribution < 1.29 is 27.4 Å². The van der Waals surface area contributed by atoms with Crippen molar-refractivity contribution in [3.63, 3.8) is 0 Å². The largest absolute Gasteiger partial charge is 0.497 e. The molecule has 1 amide bonds. The van der Waals surface area contributed by atoms with E-state index in [-0.39, 0.29) is 24.2 Å². The first kappa shape index (κ1) is 25.8. The Kier molecular flexibility index (Phi) is 8.32. The second-order valence-electron chi connectivity index (χ2n) is 8.05. The summed E-state index contributed by atoms with van der Waals surface area (Å²) < 4.78 is 52.4. The Balaban J connectivity index is 1.51. The average Bonchev–Trinajstić information content (AvgIpc) is 3.54. The lowest BCUT2D eigenvalue weighted by molar-refractivity contribution is -0.137. The van der Waals surface area contributed by atoms with Crippen LogP contribution in [0.5, 0.6) is 5.75 Å². The van der Waals surface area contributed by atoms with Gasteiger partial charge < -0.3 is 14.8 Å². The molecule has 36 heavy (non-hydrogen) atoms. The highest BCUT2D eigenvalue weighted by Crippen LogP contribution is 2.32. The molecule has 1 atom stereocenters. The highest BCUT2D eigenvalue weighted by molar-refractivity contribution is 7.99. The van der Waals surface area contributed by atoms with E-state index in [9.17, 15) is 18.0 Å². The van der Waals surface area contributed by atoms with E-state index in [1.54, 1.807) is 36.0 Å². The van der Waals surface area contributed by atoms with Crippen molar-refractivity contribution in [2.45, 2.75) is 36.8 Å². The molecule has 1 fully saturated rings. The van der Waals surface area contributed by atoms with Crippen LogP contribution in [0.3, 0.4) is 0 Å². The topological polar surface area (TPSA) is 78.3 Å². The zero-order valence-electron chi connectivity index (χ0n) is 19.5. The number of benzene rings is 2. The number of rotatable bonds is 9. The summed E-state index contributed by atoms with van der Waals surface area (Å²) in [5.41, 5.74) is 0.301. The molecule has 190 valence electrons. The number of hydrogen-bond donors (Lipinski definition) is 1. The molecule has 1 unspecified atom stereocenters. The number of carbonyl (C=O) groups excluding carboxylic acids is 1. The number of halogens is 3. The molecule has 0 bridgehead atoms. The summed E-state index contributed by atoms with van der Waals surface area (Å²) in [6.07, 6.45) is 0.499. The summed E-state index contributed by atoms with van der Waals surface area (Å²) in [6.45, 7) is 0.683. The molecule has 0 aliphatic carbocycles.